The molecule has 5 heterocycles. The Bertz CT molecular complexity index is 1550. The molecule has 0 bridgehead atoms. The van der Waals surface area contributed by atoms with E-state index in [1.54, 1.807) is 6.20 Å². The number of benzene rings is 1. The van der Waals surface area contributed by atoms with Gasteiger partial charge in [0.2, 0.25) is 12.7 Å². The van der Waals surface area contributed by atoms with E-state index < -0.39 is 0 Å². The highest BCUT2D eigenvalue weighted by atomic mass is 35.5. The average Bonchev–Trinajstić information content (AvgIpc) is 3.62. The van der Waals surface area contributed by atoms with E-state index in [4.69, 9.17) is 37.5 Å². The molecule has 3 aromatic heterocycles. The molecule has 0 amide bonds. The lowest BCUT2D eigenvalue weighted by Crippen LogP contribution is -2.45. The molecule has 4 aromatic rings. The summed E-state index contributed by atoms with van der Waals surface area (Å²) in [5.41, 5.74) is 17.0. The fraction of sp³-hybridized carbons (Fsp3) is 0.346. The highest BCUT2D eigenvalue weighted by Crippen LogP contribution is 2.53. The van der Waals surface area contributed by atoms with Gasteiger partial charge in [-0.15, -0.1) is 0 Å². The average molecular weight is 536 g/mol. The third kappa shape index (κ3) is 3.53. The van der Waals surface area contributed by atoms with Crippen LogP contribution in [0.15, 0.2) is 46.6 Å². The Balaban J connectivity index is 1.16. The van der Waals surface area contributed by atoms with Crippen LogP contribution in [0.2, 0.25) is 5.02 Å². The van der Waals surface area contributed by atoms with Crippen LogP contribution in [0.3, 0.4) is 0 Å². The summed E-state index contributed by atoms with van der Waals surface area (Å²) in [7, 11) is 0. The number of fused-ring (bicyclic) bond motifs is 3. The van der Waals surface area contributed by atoms with Crippen LogP contribution in [0.1, 0.15) is 35.7 Å². The van der Waals surface area contributed by atoms with Crippen LogP contribution in [0.25, 0.3) is 5.65 Å². The molecule has 0 unspecified atom stereocenters. The SMILES string of the molecule is Cc1nc(N2CCC3(CC2)Cc2cc4c(cc2[C@H]3N)OCO4)n2ccnc2c1Sc1ccnc(N)c1Cl. The molecular formula is C26H26ClN7O2S. The lowest BCUT2D eigenvalue weighted by Gasteiger charge is -2.42. The second kappa shape index (κ2) is 8.41. The van der Waals surface area contributed by atoms with Gasteiger partial charge in [-0.3, -0.25) is 4.40 Å². The fourth-order valence-electron chi connectivity index (χ4n) is 5.92. The lowest BCUT2D eigenvalue weighted by atomic mass is 9.73. The maximum absolute atomic E-state index is 6.88. The minimum Gasteiger partial charge on any atom is -0.454 e. The Hall–Kier alpha value is -3.21. The quantitative estimate of drug-likeness (QED) is 0.394. The monoisotopic (exact) mass is 535 g/mol. The number of hydrogen-bond donors (Lipinski definition) is 2. The molecule has 7 rings (SSSR count). The first kappa shape index (κ1) is 22.9. The van der Waals surface area contributed by atoms with Crippen LogP contribution in [-0.4, -0.2) is 39.2 Å². The summed E-state index contributed by atoms with van der Waals surface area (Å²) >= 11 is 7.93. The number of halogens is 1. The van der Waals surface area contributed by atoms with Crippen LogP contribution >= 0.6 is 23.4 Å². The summed E-state index contributed by atoms with van der Waals surface area (Å²) in [6.45, 7) is 4.03. The molecule has 37 heavy (non-hydrogen) atoms. The third-order valence-electron chi connectivity index (χ3n) is 7.96. The molecule has 3 aliphatic rings. The number of nitrogens with two attached hydrogens (primary N) is 2. The normalized spacial score (nSPS) is 19.6. The van der Waals surface area contributed by atoms with Crippen molar-refractivity contribution in [3.05, 3.63) is 58.6 Å². The van der Waals surface area contributed by atoms with E-state index in [2.05, 4.69) is 31.4 Å². The predicted octanol–water partition coefficient (Wildman–Crippen LogP) is 4.39. The van der Waals surface area contributed by atoms with Crippen molar-refractivity contribution in [2.45, 2.75) is 42.0 Å². The smallest absolute Gasteiger partial charge is 0.231 e. The number of nitrogens with zero attached hydrogens (tertiary/aromatic N) is 5. The number of pyridine rings is 1. The minimum absolute atomic E-state index is 0.0153. The summed E-state index contributed by atoms with van der Waals surface area (Å²) in [5, 5.41) is 0.444. The van der Waals surface area contributed by atoms with E-state index >= 15 is 0 Å². The van der Waals surface area contributed by atoms with E-state index in [1.165, 1.54) is 22.9 Å². The number of rotatable bonds is 3. The molecule has 9 nitrogen and oxygen atoms in total. The highest BCUT2D eigenvalue weighted by molar-refractivity contribution is 7.99. The van der Waals surface area contributed by atoms with Crippen LogP contribution in [0.5, 0.6) is 11.5 Å². The number of piperidine rings is 1. The maximum Gasteiger partial charge on any atom is 0.231 e. The van der Waals surface area contributed by atoms with Crippen molar-refractivity contribution in [3.8, 4) is 11.5 Å². The molecule has 1 fully saturated rings. The maximum atomic E-state index is 6.88. The largest absolute Gasteiger partial charge is 0.454 e. The Labute approximate surface area is 223 Å². The molecule has 0 radical (unpaired) electrons. The van der Waals surface area contributed by atoms with Crippen LogP contribution in [-0.2, 0) is 6.42 Å². The zero-order chi connectivity index (χ0) is 25.3. The van der Waals surface area contributed by atoms with Crippen molar-refractivity contribution in [1.29, 1.82) is 0 Å². The molecule has 2 aliphatic heterocycles. The van der Waals surface area contributed by atoms with Crippen molar-refractivity contribution in [2.24, 2.45) is 11.1 Å². The Morgan fingerprint density at radius 3 is 2.73 bits per heavy atom. The summed E-state index contributed by atoms with van der Waals surface area (Å²) in [6, 6.07) is 6.05. The van der Waals surface area contributed by atoms with Crippen molar-refractivity contribution in [1.82, 2.24) is 19.4 Å². The topological polar surface area (TPSA) is 117 Å². The van der Waals surface area contributed by atoms with E-state index in [9.17, 15) is 0 Å². The number of ether oxygens (including phenoxy) is 2. The van der Waals surface area contributed by atoms with Crippen LogP contribution in [0.4, 0.5) is 11.8 Å². The number of anilines is 2. The summed E-state index contributed by atoms with van der Waals surface area (Å²) in [5.74, 6) is 2.85. The van der Waals surface area contributed by atoms with Gasteiger partial charge in [0.25, 0.3) is 0 Å². The fourth-order valence-corrected chi connectivity index (χ4v) is 7.13. The molecule has 4 N–H and O–H groups in total. The van der Waals surface area contributed by atoms with Crippen LogP contribution in [0, 0.1) is 12.3 Å². The standard InChI is InChI=1S/C26H26ClN7O2S/c1-14-21(37-19-2-5-30-23(29)20(19)27)24-31-6-9-34(24)25(32-14)33-7-3-26(4-8-33)12-15-10-17-18(36-13-35-17)11-16(15)22(26)28/h2,5-6,9-11,22H,3-4,7-8,12-13,28H2,1H3,(H2,29,30)/t22-/m1/s1. The highest BCUT2D eigenvalue weighted by Gasteiger charge is 2.47. The molecule has 1 aromatic carbocycles. The molecule has 1 spiro atoms. The minimum atomic E-state index is -0.0153. The molecular weight excluding hydrogens is 510 g/mol. The van der Waals surface area contributed by atoms with Gasteiger partial charge in [-0.05, 0) is 60.9 Å². The zero-order valence-corrected chi connectivity index (χ0v) is 21.8. The van der Waals surface area contributed by atoms with Gasteiger partial charge in [-0.2, -0.15) is 0 Å². The predicted molar refractivity (Wildman–Crippen MR) is 143 cm³/mol. The van der Waals surface area contributed by atoms with Gasteiger partial charge in [0, 0.05) is 42.6 Å². The summed E-state index contributed by atoms with van der Waals surface area (Å²) in [6.07, 6.45) is 8.36. The third-order valence-corrected chi connectivity index (χ3v) is 9.71. The first-order valence-electron chi connectivity index (χ1n) is 12.3. The van der Waals surface area contributed by atoms with Gasteiger partial charge >= 0.3 is 0 Å². The van der Waals surface area contributed by atoms with Gasteiger partial charge in [0.05, 0.1) is 15.6 Å². The van der Waals surface area contributed by atoms with Gasteiger partial charge in [0.1, 0.15) is 5.82 Å². The summed E-state index contributed by atoms with van der Waals surface area (Å²) in [4.78, 5) is 17.9. The Morgan fingerprint density at radius 1 is 1.14 bits per heavy atom. The number of nitrogen functional groups attached to an aromatic ring is 1. The zero-order valence-electron chi connectivity index (χ0n) is 20.3. The molecule has 1 aliphatic carbocycles. The number of imidazole rings is 1. The van der Waals surface area contributed by atoms with E-state index in [1.807, 2.05) is 25.4 Å². The van der Waals surface area contributed by atoms with E-state index in [0.29, 0.717) is 10.8 Å². The number of aromatic nitrogens is 4. The number of hydrogen-bond acceptors (Lipinski definition) is 9. The van der Waals surface area contributed by atoms with Crippen molar-refractivity contribution in [2.75, 3.05) is 30.5 Å². The molecule has 1 saturated heterocycles. The second-order valence-corrected chi connectivity index (χ2v) is 11.4. The number of aryl methyl sites for hydroxylation is 1. The van der Waals surface area contributed by atoms with Crippen molar-refractivity contribution < 1.29 is 9.47 Å². The lowest BCUT2D eigenvalue weighted by molar-refractivity contribution is 0.172. The first-order valence-corrected chi connectivity index (χ1v) is 13.5. The van der Waals surface area contributed by atoms with Crippen molar-refractivity contribution >= 4 is 40.8 Å². The van der Waals surface area contributed by atoms with Crippen molar-refractivity contribution in [3.63, 3.8) is 0 Å². The molecule has 190 valence electrons. The molecule has 11 heteroatoms. The van der Waals surface area contributed by atoms with Gasteiger partial charge in [-0.25, -0.2) is 15.0 Å². The van der Waals surface area contributed by atoms with Gasteiger partial charge < -0.3 is 25.8 Å². The Kier molecular flexibility index (Phi) is 5.21. The Morgan fingerprint density at radius 2 is 1.92 bits per heavy atom. The molecule has 1 atom stereocenters. The summed E-state index contributed by atoms with van der Waals surface area (Å²) < 4.78 is 13.3. The molecule has 0 saturated carbocycles. The van der Waals surface area contributed by atoms with Gasteiger partial charge in [0.15, 0.2) is 17.1 Å². The first-order chi connectivity index (χ1) is 17.9. The van der Waals surface area contributed by atoms with Crippen LogP contribution < -0.4 is 25.8 Å². The van der Waals surface area contributed by atoms with Gasteiger partial charge in [-0.1, -0.05) is 23.4 Å². The second-order valence-electron chi connectivity index (χ2n) is 9.97. The van der Waals surface area contributed by atoms with E-state index in [-0.39, 0.29) is 18.2 Å². The van der Waals surface area contributed by atoms with E-state index in [0.717, 1.165) is 70.9 Å².